The number of nitrogens with two attached hydrogens (primary N) is 1. The molecule has 1 rings (SSSR count). The smallest absolute Gasteiger partial charge is 0.322 e. The van der Waals surface area contributed by atoms with Crippen LogP contribution in [0.15, 0.2) is 0 Å². The van der Waals surface area contributed by atoms with E-state index in [-0.39, 0.29) is 0 Å². The summed E-state index contributed by atoms with van der Waals surface area (Å²) >= 11 is 0. The van der Waals surface area contributed by atoms with E-state index >= 15 is 0 Å². The van der Waals surface area contributed by atoms with Gasteiger partial charge in [-0.05, 0) is 0 Å². The van der Waals surface area contributed by atoms with Gasteiger partial charge in [-0.15, -0.1) is 0 Å². The Bertz CT molecular complexity index is 127. The summed E-state index contributed by atoms with van der Waals surface area (Å²) in [6.45, 7) is 3.33. The maximum atomic E-state index is 9.65. The van der Waals surface area contributed by atoms with Gasteiger partial charge in [0.25, 0.3) is 0 Å². The van der Waals surface area contributed by atoms with Crippen LogP contribution in [-0.2, 0) is 9.53 Å². The first-order valence-corrected chi connectivity index (χ1v) is 4.06. The Morgan fingerprint density at radius 1 is 1.54 bits per heavy atom. The maximum Gasteiger partial charge on any atom is 0.322 e. The minimum absolute atomic E-state index is 0.505. The van der Waals surface area contributed by atoms with Gasteiger partial charge < -0.3 is 26.0 Å². The molecule has 0 spiro atoms. The number of aliphatic carboxylic acids is 1. The number of morpholine rings is 1. The van der Waals surface area contributed by atoms with Crippen LogP contribution in [0.25, 0.3) is 0 Å². The molecule has 1 atom stereocenters. The third-order valence-corrected chi connectivity index (χ3v) is 1.36. The third-order valence-electron chi connectivity index (χ3n) is 1.36. The molecule has 0 aromatic carbocycles. The van der Waals surface area contributed by atoms with E-state index in [1.165, 1.54) is 0 Å². The van der Waals surface area contributed by atoms with Crippen molar-refractivity contribution < 1.29 is 19.7 Å². The minimum Gasteiger partial charge on any atom is -0.480 e. The molecule has 0 aromatic heterocycles. The van der Waals surface area contributed by atoms with Gasteiger partial charge in [0, 0.05) is 13.1 Å². The molecule has 0 unspecified atom stereocenters. The molecule has 0 saturated carbocycles. The average molecular weight is 192 g/mol. The van der Waals surface area contributed by atoms with Crippen LogP contribution in [0, 0.1) is 0 Å². The molecule has 0 amide bonds. The molecule has 1 aliphatic rings. The Hall–Kier alpha value is -0.690. The quantitative estimate of drug-likeness (QED) is 0.403. The molecule has 13 heavy (non-hydrogen) atoms. The van der Waals surface area contributed by atoms with Crippen molar-refractivity contribution in [3.05, 3.63) is 0 Å². The zero-order chi connectivity index (χ0) is 10.1. The van der Waals surface area contributed by atoms with E-state index in [1.54, 1.807) is 0 Å². The molecular weight excluding hydrogens is 176 g/mol. The van der Waals surface area contributed by atoms with Crippen LogP contribution in [0.2, 0.25) is 0 Å². The lowest BCUT2D eigenvalue weighted by Crippen LogP contribution is -2.33. The van der Waals surface area contributed by atoms with Gasteiger partial charge in [-0.25, -0.2) is 0 Å². The fourth-order valence-electron chi connectivity index (χ4n) is 0.594. The number of aliphatic hydroxyl groups excluding tert-OH is 1. The zero-order valence-corrected chi connectivity index (χ0v) is 7.40. The van der Waals surface area contributed by atoms with E-state index in [0.717, 1.165) is 26.3 Å². The normalized spacial score (nSPS) is 18.3. The molecule has 0 radical (unpaired) electrons. The predicted molar refractivity (Wildman–Crippen MR) is 46.4 cm³/mol. The van der Waals surface area contributed by atoms with Gasteiger partial charge in [-0.2, -0.15) is 0 Å². The number of rotatable bonds is 2. The Balaban J connectivity index is 0.000000223. The molecular formula is C7H16N2O4. The summed E-state index contributed by atoms with van der Waals surface area (Å²) in [5.41, 5.74) is 4.77. The van der Waals surface area contributed by atoms with Crippen molar-refractivity contribution >= 4 is 5.97 Å². The highest BCUT2D eigenvalue weighted by molar-refractivity contribution is 5.73. The number of carboxylic acids is 1. The number of hydrogen-bond donors (Lipinski definition) is 4. The van der Waals surface area contributed by atoms with E-state index in [2.05, 4.69) is 5.32 Å². The predicted octanol–water partition coefficient (Wildman–Crippen LogP) is -2.00. The second kappa shape index (κ2) is 7.93. The van der Waals surface area contributed by atoms with E-state index in [1.807, 2.05) is 0 Å². The van der Waals surface area contributed by atoms with Gasteiger partial charge in [-0.3, -0.25) is 4.79 Å². The second-order valence-electron chi connectivity index (χ2n) is 2.49. The Morgan fingerprint density at radius 3 is 2.15 bits per heavy atom. The summed E-state index contributed by atoms with van der Waals surface area (Å²) in [6.07, 6.45) is 0. The molecule has 0 aromatic rings. The summed E-state index contributed by atoms with van der Waals surface area (Å²) in [7, 11) is 0. The van der Waals surface area contributed by atoms with E-state index < -0.39 is 18.6 Å². The maximum absolute atomic E-state index is 9.65. The monoisotopic (exact) mass is 192 g/mol. The third kappa shape index (κ3) is 7.66. The summed E-state index contributed by atoms with van der Waals surface area (Å²) in [5, 5.41) is 19.1. The minimum atomic E-state index is -1.18. The summed E-state index contributed by atoms with van der Waals surface area (Å²) in [4.78, 5) is 9.65. The number of aliphatic hydroxyl groups is 1. The van der Waals surface area contributed by atoms with Crippen LogP contribution in [0.4, 0.5) is 0 Å². The molecule has 78 valence electrons. The Kier molecular flexibility index (Phi) is 7.51. The van der Waals surface area contributed by atoms with Crippen molar-refractivity contribution in [2.45, 2.75) is 6.04 Å². The number of carboxylic acid groups (broad SMARTS) is 1. The Morgan fingerprint density at radius 2 is 2.08 bits per heavy atom. The van der Waals surface area contributed by atoms with Crippen LogP contribution >= 0.6 is 0 Å². The van der Waals surface area contributed by atoms with Crippen molar-refractivity contribution in [3.8, 4) is 0 Å². The first-order valence-electron chi connectivity index (χ1n) is 4.06. The lowest BCUT2D eigenvalue weighted by Gasteiger charge is -2.10. The van der Waals surface area contributed by atoms with E-state index in [0.29, 0.717) is 0 Å². The molecule has 1 saturated heterocycles. The fraction of sp³-hybridized carbons (Fsp3) is 0.857. The SMILES string of the molecule is C1COCCN1.N[C@@H](CO)C(=O)O. The highest BCUT2D eigenvalue weighted by Gasteiger charge is 2.06. The molecule has 1 heterocycles. The summed E-state index contributed by atoms with van der Waals surface area (Å²) < 4.78 is 5.01. The van der Waals surface area contributed by atoms with Crippen molar-refractivity contribution in [2.24, 2.45) is 5.73 Å². The zero-order valence-electron chi connectivity index (χ0n) is 7.40. The van der Waals surface area contributed by atoms with Crippen LogP contribution in [-0.4, -0.2) is 55.1 Å². The van der Waals surface area contributed by atoms with Gasteiger partial charge in [0.15, 0.2) is 0 Å². The van der Waals surface area contributed by atoms with Gasteiger partial charge >= 0.3 is 5.97 Å². The average Bonchev–Trinajstić information content (AvgIpc) is 2.20. The van der Waals surface area contributed by atoms with Crippen LogP contribution < -0.4 is 11.1 Å². The van der Waals surface area contributed by atoms with Gasteiger partial charge in [0.05, 0.1) is 19.8 Å². The fourth-order valence-corrected chi connectivity index (χ4v) is 0.594. The highest BCUT2D eigenvalue weighted by Crippen LogP contribution is 1.76. The van der Waals surface area contributed by atoms with Gasteiger partial charge in [0.2, 0.25) is 0 Å². The number of ether oxygens (including phenoxy) is 1. The Labute approximate surface area is 76.7 Å². The molecule has 6 nitrogen and oxygen atoms in total. The molecule has 0 bridgehead atoms. The lowest BCUT2D eigenvalue weighted by molar-refractivity contribution is -0.139. The topological polar surface area (TPSA) is 105 Å². The highest BCUT2D eigenvalue weighted by atomic mass is 16.5. The van der Waals surface area contributed by atoms with E-state index in [9.17, 15) is 4.79 Å². The van der Waals surface area contributed by atoms with Crippen LogP contribution in [0.3, 0.4) is 0 Å². The van der Waals surface area contributed by atoms with Crippen molar-refractivity contribution in [1.29, 1.82) is 0 Å². The van der Waals surface area contributed by atoms with Crippen molar-refractivity contribution in [2.75, 3.05) is 32.9 Å². The molecule has 6 heteroatoms. The molecule has 1 aliphatic heterocycles. The first kappa shape index (κ1) is 12.3. The number of hydrogen-bond acceptors (Lipinski definition) is 5. The molecule has 1 fully saturated rings. The van der Waals surface area contributed by atoms with Crippen LogP contribution in [0.5, 0.6) is 0 Å². The standard InChI is InChI=1S/C4H9NO.C3H7NO3/c1-3-6-4-2-5-1;4-2(1-5)3(6)7/h5H,1-4H2;2,5H,1,4H2,(H,6,7)/t;2-/m.0/s1. The largest absolute Gasteiger partial charge is 0.480 e. The van der Waals surface area contributed by atoms with Crippen molar-refractivity contribution in [3.63, 3.8) is 0 Å². The van der Waals surface area contributed by atoms with E-state index in [4.69, 9.17) is 20.7 Å². The lowest BCUT2D eigenvalue weighted by atomic mass is 10.3. The number of carbonyl (C=O) groups is 1. The van der Waals surface area contributed by atoms with Crippen molar-refractivity contribution in [1.82, 2.24) is 5.32 Å². The molecule has 5 N–H and O–H groups in total. The summed E-state index contributed by atoms with van der Waals surface area (Å²) in [5.74, 6) is -1.18. The van der Waals surface area contributed by atoms with Crippen LogP contribution in [0.1, 0.15) is 0 Å². The second-order valence-corrected chi connectivity index (χ2v) is 2.49. The van der Waals surface area contributed by atoms with Gasteiger partial charge in [-0.1, -0.05) is 0 Å². The molecule has 0 aliphatic carbocycles. The van der Waals surface area contributed by atoms with Gasteiger partial charge in [0.1, 0.15) is 6.04 Å². The summed E-state index contributed by atoms with van der Waals surface area (Å²) in [6, 6.07) is -1.13. The number of nitrogens with one attached hydrogen (secondary N) is 1. The first-order chi connectivity index (χ1) is 6.18.